The molecule has 1 aromatic heterocycles. The first-order valence-electron chi connectivity index (χ1n) is 8.16. The van der Waals surface area contributed by atoms with Crippen LogP contribution in [-0.4, -0.2) is 12.6 Å². The first-order valence-corrected chi connectivity index (χ1v) is 8.16. The molecule has 1 heterocycles. The summed E-state index contributed by atoms with van der Waals surface area (Å²) in [6.07, 6.45) is 7.95. The van der Waals surface area contributed by atoms with Gasteiger partial charge in [-0.25, -0.2) is 0 Å². The maximum atomic E-state index is 5.61. The number of hydrogen-bond donors (Lipinski definition) is 1. The molecule has 21 heavy (non-hydrogen) atoms. The molecule has 2 nitrogen and oxygen atoms in total. The van der Waals surface area contributed by atoms with Crippen LogP contribution in [-0.2, 0) is 11.8 Å². The van der Waals surface area contributed by atoms with E-state index in [0.29, 0.717) is 6.04 Å². The monoisotopic (exact) mass is 283 g/mol. The molecule has 1 aromatic carbocycles. The predicted molar refractivity (Wildman–Crippen MR) is 86.5 cm³/mol. The van der Waals surface area contributed by atoms with E-state index in [4.69, 9.17) is 4.42 Å². The molecule has 0 radical (unpaired) electrons. The van der Waals surface area contributed by atoms with Crippen LogP contribution in [0.5, 0.6) is 0 Å². The Morgan fingerprint density at radius 3 is 2.48 bits per heavy atom. The molecular formula is C19H25NO. The van der Waals surface area contributed by atoms with E-state index in [9.17, 15) is 0 Å². The smallest absolute Gasteiger partial charge is 0.105 e. The van der Waals surface area contributed by atoms with Crippen LogP contribution in [0.3, 0.4) is 0 Å². The summed E-state index contributed by atoms with van der Waals surface area (Å²) in [5, 5.41) is 3.74. The zero-order valence-electron chi connectivity index (χ0n) is 12.8. The van der Waals surface area contributed by atoms with E-state index in [1.165, 1.54) is 31.2 Å². The average molecular weight is 283 g/mol. The van der Waals surface area contributed by atoms with E-state index in [1.807, 2.05) is 6.07 Å². The average Bonchev–Trinajstić information content (AvgIpc) is 3.20. The van der Waals surface area contributed by atoms with Crippen LogP contribution in [0.2, 0.25) is 0 Å². The highest BCUT2D eigenvalue weighted by Crippen LogP contribution is 2.44. The highest BCUT2D eigenvalue weighted by Gasteiger charge is 2.42. The van der Waals surface area contributed by atoms with Gasteiger partial charge in [0.25, 0.3) is 0 Å². The Balaban J connectivity index is 1.93. The number of rotatable bonds is 6. The highest BCUT2D eigenvalue weighted by atomic mass is 16.3. The first kappa shape index (κ1) is 14.4. The minimum absolute atomic E-state index is 0.254. The van der Waals surface area contributed by atoms with Crippen LogP contribution in [0.1, 0.15) is 43.9 Å². The molecule has 0 amide bonds. The van der Waals surface area contributed by atoms with E-state index >= 15 is 0 Å². The topological polar surface area (TPSA) is 25.2 Å². The fourth-order valence-corrected chi connectivity index (χ4v) is 3.95. The summed E-state index contributed by atoms with van der Waals surface area (Å²) in [6.45, 7) is 3.20. The maximum Gasteiger partial charge on any atom is 0.105 e. The van der Waals surface area contributed by atoms with Crippen molar-refractivity contribution in [3.8, 4) is 0 Å². The Hall–Kier alpha value is -1.54. The molecule has 1 fully saturated rings. The fourth-order valence-electron chi connectivity index (χ4n) is 3.95. The Labute approximate surface area is 127 Å². The lowest BCUT2D eigenvalue weighted by atomic mass is 9.71. The Kier molecular flexibility index (Phi) is 4.45. The van der Waals surface area contributed by atoms with Crippen LogP contribution in [0.15, 0.2) is 53.1 Å². The molecular weight excluding hydrogens is 258 g/mol. The number of furan rings is 1. The van der Waals surface area contributed by atoms with Gasteiger partial charge in [0, 0.05) is 17.9 Å². The molecule has 112 valence electrons. The van der Waals surface area contributed by atoms with Crippen molar-refractivity contribution in [2.45, 2.75) is 50.5 Å². The third-order valence-electron chi connectivity index (χ3n) is 4.95. The second-order valence-corrected chi connectivity index (χ2v) is 6.12. The van der Waals surface area contributed by atoms with Gasteiger partial charge in [0.2, 0.25) is 0 Å². The molecule has 1 unspecified atom stereocenters. The minimum atomic E-state index is 0.254. The van der Waals surface area contributed by atoms with E-state index < -0.39 is 0 Å². The van der Waals surface area contributed by atoms with Gasteiger partial charge in [-0.3, -0.25) is 0 Å². The van der Waals surface area contributed by atoms with Crippen LogP contribution < -0.4 is 5.32 Å². The number of nitrogens with one attached hydrogen (secondary N) is 1. The van der Waals surface area contributed by atoms with Gasteiger partial charge in [0.15, 0.2) is 0 Å². The number of hydrogen-bond acceptors (Lipinski definition) is 2. The van der Waals surface area contributed by atoms with E-state index in [0.717, 1.165) is 18.7 Å². The van der Waals surface area contributed by atoms with Crippen LogP contribution >= 0.6 is 0 Å². The third-order valence-corrected chi connectivity index (χ3v) is 4.95. The van der Waals surface area contributed by atoms with Gasteiger partial charge < -0.3 is 9.73 Å². The Morgan fingerprint density at radius 1 is 1.10 bits per heavy atom. The minimum Gasteiger partial charge on any atom is -0.469 e. The van der Waals surface area contributed by atoms with Crippen molar-refractivity contribution < 1.29 is 4.42 Å². The van der Waals surface area contributed by atoms with Crippen LogP contribution in [0, 0.1) is 0 Å². The molecule has 0 bridgehead atoms. The Bertz CT molecular complexity index is 526. The summed E-state index contributed by atoms with van der Waals surface area (Å²) in [4.78, 5) is 0. The van der Waals surface area contributed by atoms with Gasteiger partial charge in [-0.15, -0.1) is 0 Å². The lowest BCUT2D eigenvalue weighted by molar-refractivity contribution is 0.284. The molecule has 3 rings (SSSR count). The summed E-state index contributed by atoms with van der Waals surface area (Å²) in [6, 6.07) is 15.6. The highest BCUT2D eigenvalue weighted by molar-refractivity contribution is 5.30. The molecule has 2 heteroatoms. The van der Waals surface area contributed by atoms with Crippen LogP contribution in [0.25, 0.3) is 0 Å². The quantitative estimate of drug-likeness (QED) is 0.854. The van der Waals surface area contributed by atoms with Gasteiger partial charge in [0.1, 0.15) is 5.76 Å². The van der Waals surface area contributed by atoms with E-state index in [-0.39, 0.29) is 5.41 Å². The van der Waals surface area contributed by atoms with Crippen molar-refractivity contribution >= 4 is 0 Å². The summed E-state index contributed by atoms with van der Waals surface area (Å²) in [5.41, 5.74) is 1.74. The normalized spacial score (nSPS) is 18.7. The molecule has 1 aliphatic carbocycles. The molecule has 0 saturated heterocycles. The van der Waals surface area contributed by atoms with Crippen molar-refractivity contribution in [2.75, 3.05) is 6.54 Å². The lowest BCUT2D eigenvalue weighted by Gasteiger charge is -2.38. The lowest BCUT2D eigenvalue weighted by Crippen LogP contribution is -2.48. The predicted octanol–water partition coefficient (Wildman–Crippen LogP) is 4.31. The van der Waals surface area contributed by atoms with Gasteiger partial charge in [-0.1, -0.05) is 50.1 Å². The van der Waals surface area contributed by atoms with E-state index in [2.05, 4.69) is 48.6 Å². The van der Waals surface area contributed by atoms with Crippen molar-refractivity contribution in [1.82, 2.24) is 5.32 Å². The number of likely N-dealkylation sites (N-methyl/N-ethyl adjacent to an activating group) is 1. The van der Waals surface area contributed by atoms with Gasteiger partial charge in [-0.2, -0.15) is 0 Å². The van der Waals surface area contributed by atoms with Gasteiger partial charge >= 0.3 is 0 Å². The fraction of sp³-hybridized carbons (Fsp3) is 0.474. The standard InChI is InChI=1S/C19H25NO/c1-2-20-18(15-17-11-8-14-21-17)19(12-6-7-13-19)16-9-4-3-5-10-16/h3-5,8-11,14,18,20H,2,6-7,12-13,15H2,1H3. The summed E-state index contributed by atoms with van der Waals surface area (Å²) in [7, 11) is 0. The molecule has 0 aliphatic heterocycles. The SMILES string of the molecule is CCNC(Cc1ccco1)C1(c2ccccc2)CCCC1. The zero-order valence-corrected chi connectivity index (χ0v) is 12.8. The summed E-state index contributed by atoms with van der Waals surface area (Å²) < 4.78 is 5.61. The second-order valence-electron chi connectivity index (χ2n) is 6.12. The summed E-state index contributed by atoms with van der Waals surface area (Å²) in [5.74, 6) is 1.09. The van der Waals surface area contributed by atoms with Crippen LogP contribution in [0.4, 0.5) is 0 Å². The first-order chi connectivity index (χ1) is 10.3. The largest absolute Gasteiger partial charge is 0.469 e. The molecule has 1 aliphatic rings. The second kappa shape index (κ2) is 6.48. The molecule has 2 aromatic rings. The molecule has 1 atom stereocenters. The molecule has 1 saturated carbocycles. The molecule has 1 N–H and O–H groups in total. The Morgan fingerprint density at radius 2 is 1.86 bits per heavy atom. The third kappa shape index (κ3) is 2.91. The van der Waals surface area contributed by atoms with Gasteiger partial charge in [0.05, 0.1) is 6.26 Å². The van der Waals surface area contributed by atoms with E-state index in [1.54, 1.807) is 6.26 Å². The van der Waals surface area contributed by atoms with Crippen molar-refractivity contribution in [2.24, 2.45) is 0 Å². The van der Waals surface area contributed by atoms with Gasteiger partial charge in [-0.05, 0) is 37.1 Å². The molecule has 0 spiro atoms. The van der Waals surface area contributed by atoms with Crippen molar-refractivity contribution in [3.63, 3.8) is 0 Å². The number of benzene rings is 1. The van der Waals surface area contributed by atoms with Crippen molar-refractivity contribution in [3.05, 3.63) is 60.1 Å². The zero-order chi connectivity index (χ0) is 14.5. The maximum absolute atomic E-state index is 5.61. The summed E-state index contributed by atoms with van der Waals surface area (Å²) >= 11 is 0. The van der Waals surface area contributed by atoms with Crippen molar-refractivity contribution in [1.29, 1.82) is 0 Å².